The third-order valence-electron chi connectivity index (χ3n) is 9.94. The van der Waals surface area contributed by atoms with Crippen molar-refractivity contribution in [1.29, 1.82) is 0 Å². The molecule has 2 aromatic carbocycles. The first kappa shape index (κ1) is 24.6. The van der Waals surface area contributed by atoms with E-state index < -0.39 is 0 Å². The minimum absolute atomic E-state index is 0.310. The molecule has 0 N–H and O–H groups in total. The fourth-order valence-corrected chi connectivity index (χ4v) is 8.10. The summed E-state index contributed by atoms with van der Waals surface area (Å²) in [7, 11) is 2.26. The van der Waals surface area contributed by atoms with E-state index in [1.54, 1.807) is 11.1 Å². The second kappa shape index (κ2) is 10.9. The lowest BCUT2D eigenvalue weighted by molar-refractivity contribution is -0.0921. The molecule has 0 aromatic heterocycles. The predicted molar refractivity (Wildman–Crippen MR) is 150 cm³/mol. The van der Waals surface area contributed by atoms with Crippen molar-refractivity contribution in [3.05, 3.63) is 71.8 Å². The Kier molecular flexibility index (Phi) is 7.48. The lowest BCUT2D eigenvalue weighted by atomic mass is 9.58. The van der Waals surface area contributed by atoms with Crippen LogP contribution in [0.3, 0.4) is 0 Å². The van der Waals surface area contributed by atoms with Gasteiger partial charge in [-0.3, -0.25) is 9.80 Å². The van der Waals surface area contributed by atoms with Crippen molar-refractivity contribution in [2.75, 3.05) is 66.0 Å². The van der Waals surface area contributed by atoms with E-state index in [4.69, 9.17) is 0 Å². The fourth-order valence-electron chi connectivity index (χ4n) is 8.10. The molecule has 0 radical (unpaired) electrons. The van der Waals surface area contributed by atoms with E-state index in [-0.39, 0.29) is 0 Å². The highest BCUT2D eigenvalue weighted by molar-refractivity contribution is 5.34. The van der Waals surface area contributed by atoms with Gasteiger partial charge in [-0.2, -0.15) is 0 Å². The molecule has 4 saturated heterocycles. The van der Waals surface area contributed by atoms with E-state index in [0.29, 0.717) is 23.4 Å². The monoisotopic (exact) mass is 486 g/mol. The summed E-state index contributed by atoms with van der Waals surface area (Å²) in [6.45, 7) is 11.2. The molecule has 4 aliphatic heterocycles. The van der Waals surface area contributed by atoms with Gasteiger partial charge in [-0.15, -0.1) is 0 Å². The minimum atomic E-state index is 0.310. The highest BCUT2D eigenvalue weighted by atomic mass is 15.3. The van der Waals surface area contributed by atoms with Crippen molar-refractivity contribution in [1.82, 2.24) is 19.6 Å². The molecule has 4 heterocycles. The topological polar surface area (TPSA) is 13.0 Å². The van der Waals surface area contributed by atoms with Crippen LogP contribution >= 0.6 is 0 Å². The predicted octanol–water partition coefficient (Wildman–Crippen LogP) is 4.89. The average molecular weight is 487 g/mol. The minimum Gasteiger partial charge on any atom is -0.304 e. The maximum atomic E-state index is 2.97. The summed E-state index contributed by atoms with van der Waals surface area (Å²) >= 11 is 0. The van der Waals surface area contributed by atoms with Gasteiger partial charge in [0.1, 0.15) is 0 Å². The van der Waals surface area contributed by atoms with Crippen LogP contribution in [0, 0.1) is 0 Å². The van der Waals surface area contributed by atoms with Gasteiger partial charge in [-0.25, -0.2) is 0 Å². The Morgan fingerprint density at radius 2 is 1.28 bits per heavy atom. The van der Waals surface area contributed by atoms with E-state index in [1.807, 2.05) is 0 Å². The van der Waals surface area contributed by atoms with Crippen LogP contribution in [0.5, 0.6) is 0 Å². The summed E-state index contributed by atoms with van der Waals surface area (Å²) in [6.07, 6.45) is 8.12. The molecule has 1 aliphatic carbocycles. The summed E-state index contributed by atoms with van der Waals surface area (Å²) in [5, 5.41) is 0. The number of piperazine rings is 1. The van der Waals surface area contributed by atoms with Crippen LogP contribution in [0.2, 0.25) is 0 Å². The first-order valence-electron chi connectivity index (χ1n) is 14.7. The quantitative estimate of drug-likeness (QED) is 0.552. The van der Waals surface area contributed by atoms with Gasteiger partial charge in [-0.1, -0.05) is 67.1 Å². The average Bonchev–Trinajstić information content (AvgIpc) is 2.95. The number of benzene rings is 2. The zero-order valence-corrected chi connectivity index (χ0v) is 22.4. The van der Waals surface area contributed by atoms with Crippen molar-refractivity contribution in [3.8, 4) is 0 Å². The van der Waals surface area contributed by atoms with Gasteiger partial charge < -0.3 is 9.80 Å². The molecule has 2 unspecified atom stereocenters. The number of likely N-dealkylation sites (tertiary alicyclic amines) is 1. The van der Waals surface area contributed by atoms with Crippen molar-refractivity contribution in [2.45, 2.75) is 61.9 Å². The van der Waals surface area contributed by atoms with Crippen LogP contribution in [0.25, 0.3) is 0 Å². The second-order valence-electron chi connectivity index (χ2n) is 12.2. The molecule has 0 spiro atoms. The van der Waals surface area contributed by atoms with Crippen LogP contribution in [-0.4, -0.2) is 97.1 Å². The first-order chi connectivity index (χ1) is 17.7. The fraction of sp³-hybridized carbons (Fsp3) is 0.625. The molecule has 2 bridgehead atoms. The third kappa shape index (κ3) is 5.03. The van der Waals surface area contributed by atoms with Crippen molar-refractivity contribution >= 4 is 0 Å². The molecule has 36 heavy (non-hydrogen) atoms. The zero-order chi connectivity index (χ0) is 24.4. The molecule has 194 valence electrons. The zero-order valence-electron chi connectivity index (χ0n) is 22.4. The summed E-state index contributed by atoms with van der Waals surface area (Å²) in [5.74, 6) is 1.23. The summed E-state index contributed by atoms with van der Waals surface area (Å²) in [4.78, 5) is 11.1. The third-order valence-corrected chi connectivity index (χ3v) is 9.94. The van der Waals surface area contributed by atoms with Crippen LogP contribution in [0.4, 0.5) is 0 Å². The standard InChI is InChI=1S/C32H46N4/c1-33-20-22-34(23-21-33)16-11-17-35-26-32(36-18-9-4-10-19-36)24-29(27-12-5-2-6-13-27)31(35)30(25-32)28-14-7-3-8-15-28/h2-3,5-8,12-15,29-31H,4,9-11,16-26H2,1H3. The highest BCUT2D eigenvalue weighted by Crippen LogP contribution is 2.55. The molecule has 2 aromatic rings. The van der Waals surface area contributed by atoms with E-state index in [9.17, 15) is 0 Å². The maximum Gasteiger partial charge on any atom is 0.0349 e. The van der Waals surface area contributed by atoms with Crippen LogP contribution in [0.1, 0.15) is 61.5 Å². The maximum absolute atomic E-state index is 2.97. The number of hydrogen-bond acceptors (Lipinski definition) is 4. The van der Waals surface area contributed by atoms with Gasteiger partial charge in [0.2, 0.25) is 0 Å². The van der Waals surface area contributed by atoms with Crippen LogP contribution in [-0.2, 0) is 0 Å². The van der Waals surface area contributed by atoms with E-state index in [1.165, 1.54) is 97.4 Å². The van der Waals surface area contributed by atoms with E-state index in [2.05, 4.69) is 87.3 Å². The second-order valence-corrected chi connectivity index (χ2v) is 12.2. The van der Waals surface area contributed by atoms with Gasteiger partial charge in [0.25, 0.3) is 0 Å². The Hall–Kier alpha value is -1.72. The lowest BCUT2D eigenvalue weighted by Crippen LogP contribution is -2.70. The smallest absolute Gasteiger partial charge is 0.0349 e. The molecular formula is C32H46N4. The van der Waals surface area contributed by atoms with Gasteiger partial charge in [-0.05, 0) is 76.5 Å². The van der Waals surface area contributed by atoms with Crippen molar-refractivity contribution in [2.24, 2.45) is 0 Å². The Labute approximate surface area is 219 Å². The molecule has 4 heteroatoms. The van der Waals surface area contributed by atoms with Crippen LogP contribution < -0.4 is 0 Å². The molecule has 2 atom stereocenters. The Morgan fingerprint density at radius 3 is 1.86 bits per heavy atom. The van der Waals surface area contributed by atoms with Crippen LogP contribution in [0.15, 0.2) is 60.7 Å². The first-order valence-corrected chi connectivity index (χ1v) is 14.7. The molecule has 0 amide bonds. The van der Waals surface area contributed by atoms with E-state index >= 15 is 0 Å². The number of likely N-dealkylation sites (N-methyl/N-ethyl adjacent to an activating group) is 1. The van der Waals surface area contributed by atoms with Gasteiger partial charge in [0, 0.05) is 56.1 Å². The Balaban J connectivity index is 1.30. The number of fused-ring (bicyclic) bond motifs is 3. The number of nitrogens with zero attached hydrogens (tertiary/aromatic N) is 4. The Morgan fingerprint density at radius 1 is 0.694 bits per heavy atom. The molecule has 5 aliphatic rings. The summed E-state index contributed by atoms with van der Waals surface area (Å²) < 4.78 is 0. The number of piperidine rings is 3. The molecular weight excluding hydrogens is 440 g/mol. The summed E-state index contributed by atoms with van der Waals surface area (Å²) in [6, 6.07) is 23.7. The number of hydrogen-bond donors (Lipinski definition) is 0. The molecule has 7 rings (SSSR count). The largest absolute Gasteiger partial charge is 0.304 e. The Bertz CT molecular complexity index is 899. The normalized spacial score (nSPS) is 32.6. The molecule has 1 saturated carbocycles. The SMILES string of the molecule is CN1CCN(CCCN2CC3(N4CCCCC4)CC(c4ccccc4)C2C(c2ccccc2)C3)CC1. The van der Waals surface area contributed by atoms with E-state index in [0.717, 1.165) is 0 Å². The van der Waals surface area contributed by atoms with Crippen molar-refractivity contribution in [3.63, 3.8) is 0 Å². The molecule has 5 fully saturated rings. The van der Waals surface area contributed by atoms with Gasteiger partial charge in [0.05, 0.1) is 0 Å². The lowest BCUT2D eigenvalue weighted by Gasteiger charge is -2.64. The number of rotatable bonds is 7. The van der Waals surface area contributed by atoms with Gasteiger partial charge >= 0.3 is 0 Å². The summed E-state index contributed by atoms with van der Waals surface area (Å²) in [5.41, 5.74) is 3.44. The van der Waals surface area contributed by atoms with Crippen molar-refractivity contribution < 1.29 is 0 Å². The highest BCUT2D eigenvalue weighted by Gasteiger charge is 2.56. The van der Waals surface area contributed by atoms with Gasteiger partial charge in [0.15, 0.2) is 0 Å². The molecule has 4 nitrogen and oxygen atoms in total.